The number of rotatable bonds is 4. The molecule has 0 bridgehead atoms. The van der Waals surface area contributed by atoms with E-state index < -0.39 is 0 Å². The van der Waals surface area contributed by atoms with Crippen molar-refractivity contribution in [2.45, 2.75) is 12.5 Å². The van der Waals surface area contributed by atoms with Crippen LogP contribution in [0.2, 0.25) is 0 Å². The maximum Gasteiger partial charge on any atom is 0.253 e. The Morgan fingerprint density at radius 2 is 1.90 bits per heavy atom. The first-order valence-electron chi connectivity index (χ1n) is 9.71. The highest BCUT2D eigenvalue weighted by molar-refractivity contribution is 7.13. The Bertz CT molecular complexity index is 1130. The van der Waals surface area contributed by atoms with Crippen molar-refractivity contribution in [2.24, 2.45) is 0 Å². The maximum atomic E-state index is 12.9. The SMILES string of the molecule is O=C(c1ccc(-c2cccs2)cc1)N1CC[C@@H](Oc2cccc3cccnc23)C1. The number of para-hydroxylation sites is 1. The zero-order valence-corrected chi connectivity index (χ0v) is 16.6. The lowest BCUT2D eigenvalue weighted by atomic mass is 10.1. The molecule has 144 valence electrons. The van der Waals surface area contributed by atoms with Gasteiger partial charge in [-0.2, -0.15) is 0 Å². The van der Waals surface area contributed by atoms with Gasteiger partial charge in [-0.05, 0) is 41.3 Å². The quantitative estimate of drug-likeness (QED) is 0.469. The molecule has 1 fully saturated rings. The van der Waals surface area contributed by atoms with Crippen LogP contribution in [0.25, 0.3) is 21.3 Å². The van der Waals surface area contributed by atoms with Gasteiger partial charge >= 0.3 is 0 Å². The number of hydrogen-bond donors (Lipinski definition) is 0. The Morgan fingerprint density at radius 3 is 2.72 bits per heavy atom. The second-order valence-corrected chi connectivity index (χ2v) is 8.11. The molecule has 0 unspecified atom stereocenters. The zero-order valence-electron chi connectivity index (χ0n) is 15.8. The molecule has 0 saturated carbocycles. The molecule has 5 rings (SSSR count). The van der Waals surface area contributed by atoms with Crippen LogP contribution in [0.3, 0.4) is 0 Å². The Balaban J connectivity index is 1.27. The van der Waals surface area contributed by atoms with E-state index in [0.29, 0.717) is 13.1 Å². The number of hydrogen-bond acceptors (Lipinski definition) is 4. The van der Waals surface area contributed by atoms with Crippen LogP contribution >= 0.6 is 11.3 Å². The van der Waals surface area contributed by atoms with E-state index in [0.717, 1.165) is 34.2 Å². The summed E-state index contributed by atoms with van der Waals surface area (Å²) in [6.45, 7) is 1.29. The van der Waals surface area contributed by atoms with Gasteiger partial charge in [-0.15, -0.1) is 11.3 Å². The topological polar surface area (TPSA) is 42.4 Å². The monoisotopic (exact) mass is 400 g/mol. The van der Waals surface area contributed by atoms with E-state index in [1.165, 1.54) is 4.88 Å². The van der Waals surface area contributed by atoms with Crippen LogP contribution in [0.15, 0.2) is 78.3 Å². The Morgan fingerprint density at radius 1 is 1.03 bits per heavy atom. The number of ether oxygens (including phenoxy) is 1. The predicted octanol–water partition coefficient (Wildman–Crippen LogP) is 5.26. The number of aromatic nitrogens is 1. The highest BCUT2D eigenvalue weighted by atomic mass is 32.1. The van der Waals surface area contributed by atoms with E-state index in [4.69, 9.17) is 4.74 Å². The second-order valence-electron chi connectivity index (χ2n) is 7.17. The van der Waals surface area contributed by atoms with Gasteiger partial charge in [0.2, 0.25) is 0 Å². The number of amides is 1. The fourth-order valence-electron chi connectivity index (χ4n) is 3.76. The third-order valence-corrected chi connectivity index (χ3v) is 6.18. The summed E-state index contributed by atoms with van der Waals surface area (Å²) in [6.07, 6.45) is 2.58. The minimum atomic E-state index is -0.0167. The first-order chi connectivity index (χ1) is 14.3. The molecular weight excluding hydrogens is 380 g/mol. The summed E-state index contributed by atoms with van der Waals surface area (Å²) in [5.74, 6) is 0.840. The van der Waals surface area contributed by atoms with Crippen LogP contribution in [-0.4, -0.2) is 35.0 Å². The highest BCUT2D eigenvalue weighted by Crippen LogP contribution is 2.28. The van der Waals surface area contributed by atoms with E-state index >= 15 is 0 Å². The Hall–Kier alpha value is -3.18. The number of fused-ring (bicyclic) bond motifs is 1. The van der Waals surface area contributed by atoms with Gasteiger partial charge in [-0.1, -0.05) is 36.4 Å². The molecule has 1 amide bonds. The number of pyridine rings is 1. The van der Waals surface area contributed by atoms with Crippen molar-refractivity contribution in [3.05, 3.63) is 83.9 Å². The summed E-state index contributed by atoms with van der Waals surface area (Å²) >= 11 is 1.70. The van der Waals surface area contributed by atoms with Gasteiger partial charge in [0.25, 0.3) is 5.91 Å². The third kappa shape index (κ3) is 3.61. The fourth-order valence-corrected chi connectivity index (χ4v) is 4.50. The zero-order chi connectivity index (χ0) is 19.6. The number of thiophene rings is 1. The van der Waals surface area contributed by atoms with Crippen LogP contribution in [0.5, 0.6) is 5.75 Å². The van der Waals surface area contributed by atoms with Crippen molar-refractivity contribution >= 4 is 28.1 Å². The van der Waals surface area contributed by atoms with Crippen molar-refractivity contribution in [1.82, 2.24) is 9.88 Å². The summed E-state index contributed by atoms with van der Waals surface area (Å²) in [5.41, 5.74) is 2.73. The minimum absolute atomic E-state index is 0.0167. The average molecular weight is 401 g/mol. The number of benzene rings is 2. The molecule has 2 aromatic carbocycles. The van der Waals surface area contributed by atoms with Gasteiger partial charge in [-0.3, -0.25) is 9.78 Å². The van der Waals surface area contributed by atoms with Crippen molar-refractivity contribution in [3.8, 4) is 16.2 Å². The molecule has 1 atom stereocenters. The van der Waals surface area contributed by atoms with Crippen LogP contribution in [-0.2, 0) is 0 Å². The minimum Gasteiger partial charge on any atom is -0.486 e. The van der Waals surface area contributed by atoms with E-state index in [-0.39, 0.29) is 12.0 Å². The lowest BCUT2D eigenvalue weighted by Crippen LogP contribution is -2.30. The summed E-state index contributed by atoms with van der Waals surface area (Å²) < 4.78 is 6.22. The Kier molecular flexibility index (Phi) is 4.74. The van der Waals surface area contributed by atoms with Crippen molar-refractivity contribution < 1.29 is 9.53 Å². The smallest absolute Gasteiger partial charge is 0.253 e. The number of nitrogens with zero attached hydrogens (tertiary/aromatic N) is 2. The van der Waals surface area contributed by atoms with E-state index in [1.807, 2.05) is 65.6 Å². The van der Waals surface area contributed by atoms with Crippen LogP contribution in [0, 0.1) is 0 Å². The molecule has 29 heavy (non-hydrogen) atoms. The number of carbonyl (C=O) groups excluding carboxylic acids is 1. The van der Waals surface area contributed by atoms with Crippen LogP contribution < -0.4 is 4.74 Å². The summed E-state index contributed by atoms with van der Waals surface area (Å²) in [6, 6.07) is 21.9. The molecule has 3 heterocycles. The molecule has 2 aromatic heterocycles. The van der Waals surface area contributed by atoms with E-state index in [1.54, 1.807) is 17.5 Å². The van der Waals surface area contributed by atoms with Crippen LogP contribution in [0.1, 0.15) is 16.8 Å². The number of likely N-dealkylation sites (tertiary alicyclic amines) is 1. The molecule has 0 spiro atoms. The Labute approximate surface area is 173 Å². The molecular formula is C24H20N2O2S. The number of carbonyl (C=O) groups is 1. The van der Waals surface area contributed by atoms with Gasteiger partial charge in [-0.25, -0.2) is 0 Å². The van der Waals surface area contributed by atoms with Gasteiger partial charge in [0.05, 0.1) is 6.54 Å². The van der Waals surface area contributed by atoms with E-state index in [9.17, 15) is 4.79 Å². The average Bonchev–Trinajstić information content (AvgIpc) is 3.46. The summed E-state index contributed by atoms with van der Waals surface area (Å²) in [4.78, 5) is 20.5. The third-order valence-electron chi connectivity index (χ3n) is 5.26. The summed E-state index contributed by atoms with van der Waals surface area (Å²) in [5, 5.41) is 3.12. The lowest BCUT2D eigenvalue weighted by molar-refractivity contribution is 0.0773. The molecule has 0 N–H and O–H groups in total. The van der Waals surface area contributed by atoms with Crippen molar-refractivity contribution in [1.29, 1.82) is 0 Å². The van der Waals surface area contributed by atoms with Crippen molar-refractivity contribution in [3.63, 3.8) is 0 Å². The fraction of sp³-hybridized carbons (Fsp3) is 0.167. The van der Waals surface area contributed by atoms with Crippen molar-refractivity contribution in [2.75, 3.05) is 13.1 Å². The molecule has 1 saturated heterocycles. The van der Waals surface area contributed by atoms with Gasteiger partial charge < -0.3 is 9.64 Å². The van der Waals surface area contributed by atoms with Crippen LogP contribution in [0.4, 0.5) is 0 Å². The normalized spacial score (nSPS) is 16.3. The molecule has 1 aliphatic heterocycles. The van der Waals surface area contributed by atoms with E-state index in [2.05, 4.69) is 16.4 Å². The van der Waals surface area contributed by atoms with Gasteiger partial charge in [0.1, 0.15) is 17.4 Å². The standard InChI is InChI=1S/C24H20N2O2S/c27-24(19-10-8-17(9-11-19)22-7-3-15-29-22)26-14-12-20(16-26)28-21-6-1-4-18-5-2-13-25-23(18)21/h1-11,13,15,20H,12,14,16H2/t20-/m1/s1. The first kappa shape index (κ1) is 17.9. The predicted molar refractivity (Wildman–Crippen MR) is 116 cm³/mol. The molecule has 0 aliphatic carbocycles. The highest BCUT2D eigenvalue weighted by Gasteiger charge is 2.28. The second kappa shape index (κ2) is 7.68. The molecule has 4 aromatic rings. The van der Waals surface area contributed by atoms with Gasteiger partial charge in [0, 0.05) is 35.0 Å². The largest absolute Gasteiger partial charge is 0.486 e. The van der Waals surface area contributed by atoms with Gasteiger partial charge in [0.15, 0.2) is 0 Å². The maximum absolute atomic E-state index is 12.9. The first-order valence-corrected chi connectivity index (χ1v) is 10.6. The molecule has 4 nitrogen and oxygen atoms in total. The molecule has 5 heteroatoms. The lowest BCUT2D eigenvalue weighted by Gasteiger charge is -2.18. The molecule has 1 aliphatic rings. The molecule has 0 radical (unpaired) electrons. The summed E-state index contributed by atoms with van der Waals surface area (Å²) in [7, 11) is 0.